The van der Waals surface area contributed by atoms with Crippen LogP contribution < -0.4 is 5.32 Å². The lowest BCUT2D eigenvalue weighted by atomic mass is 9.85. The Labute approximate surface area is 137 Å². The number of piperazine rings is 1. The van der Waals surface area contributed by atoms with Gasteiger partial charge in [0.05, 0.1) is 0 Å². The van der Waals surface area contributed by atoms with Gasteiger partial charge in [0.15, 0.2) is 0 Å². The third-order valence-electron chi connectivity index (χ3n) is 4.91. The lowest BCUT2D eigenvalue weighted by Gasteiger charge is -2.39. The van der Waals surface area contributed by atoms with Gasteiger partial charge in [-0.3, -0.25) is 9.69 Å². The number of amides is 1. The first kappa shape index (κ1) is 19.4. The Morgan fingerprint density at radius 3 is 2.05 bits per heavy atom. The first-order chi connectivity index (χ1) is 10.5. The van der Waals surface area contributed by atoms with Crippen molar-refractivity contribution in [2.24, 2.45) is 5.92 Å². The van der Waals surface area contributed by atoms with Gasteiger partial charge in [0.2, 0.25) is 5.91 Å². The average molecular weight is 312 g/mol. The Kier molecular flexibility index (Phi) is 9.03. The molecule has 0 unspecified atom stereocenters. The molecule has 130 valence electrons. The standard InChI is InChI=1S/C16H31N3O.C2H6/c1-13(2)19-10-8-18(9-11-19)12-15-4-6-16(7-5-15)17-14(3)20;1-2/h13,15-16H,4-12H2,1-3H3,(H,17,20);1-2H3. The minimum Gasteiger partial charge on any atom is -0.354 e. The molecule has 0 atom stereocenters. The van der Waals surface area contributed by atoms with Gasteiger partial charge in [0.25, 0.3) is 0 Å². The van der Waals surface area contributed by atoms with E-state index in [1.54, 1.807) is 6.92 Å². The minimum absolute atomic E-state index is 0.123. The molecule has 0 spiro atoms. The van der Waals surface area contributed by atoms with Gasteiger partial charge in [-0.25, -0.2) is 0 Å². The zero-order chi connectivity index (χ0) is 16.5. The maximum Gasteiger partial charge on any atom is 0.217 e. The summed E-state index contributed by atoms with van der Waals surface area (Å²) in [4.78, 5) is 16.3. The SMILES string of the molecule is CC.CC(=O)NC1CCC(CN2CCN(C(C)C)CC2)CC1. The predicted molar refractivity (Wildman–Crippen MR) is 94.1 cm³/mol. The largest absolute Gasteiger partial charge is 0.354 e. The van der Waals surface area contributed by atoms with Crippen molar-refractivity contribution in [3.63, 3.8) is 0 Å². The molecule has 0 bridgehead atoms. The van der Waals surface area contributed by atoms with Crippen LogP contribution in [0.5, 0.6) is 0 Å². The van der Waals surface area contributed by atoms with Crippen molar-refractivity contribution in [1.29, 1.82) is 0 Å². The van der Waals surface area contributed by atoms with Gasteiger partial charge in [0.1, 0.15) is 0 Å². The lowest BCUT2D eigenvalue weighted by Crippen LogP contribution is -2.50. The van der Waals surface area contributed by atoms with Crippen LogP contribution in [0.2, 0.25) is 0 Å². The maximum absolute atomic E-state index is 11.1. The van der Waals surface area contributed by atoms with Crippen LogP contribution >= 0.6 is 0 Å². The van der Waals surface area contributed by atoms with Crippen molar-refractivity contribution in [2.75, 3.05) is 32.7 Å². The molecule has 0 aromatic rings. The highest BCUT2D eigenvalue weighted by molar-refractivity contribution is 5.73. The highest BCUT2D eigenvalue weighted by Gasteiger charge is 2.25. The third-order valence-corrected chi connectivity index (χ3v) is 4.91. The lowest BCUT2D eigenvalue weighted by molar-refractivity contribution is -0.119. The Morgan fingerprint density at radius 1 is 1.05 bits per heavy atom. The summed E-state index contributed by atoms with van der Waals surface area (Å²) in [5.74, 6) is 0.962. The van der Waals surface area contributed by atoms with Gasteiger partial charge < -0.3 is 10.2 Å². The molecule has 4 heteroatoms. The zero-order valence-electron chi connectivity index (χ0n) is 15.4. The van der Waals surface area contributed by atoms with Crippen LogP contribution in [0, 0.1) is 5.92 Å². The maximum atomic E-state index is 11.1. The van der Waals surface area contributed by atoms with E-state index in [0.717, 1.165) is 18.8 Å². The molecule has 1 saturated heterocycles. The van der Waals surface area contributed by atoms with Crippen LogP contribution in [0.1, 0.15) is 60.3 Å². The van der Waals surface area contributed by atoms with Crippen molar-refractivity contribution < 1.29 is 4.79 Å². The van der Waals surface area contributed by atoms with E-state index in [-0.39, 0.29) is 5.91 Å². The van der Waals surface area contributed by atoms with E-state index in [9.17, 15) is 4.79 Å². The van der Waals surface area contributed by atoms with Crippen molar-refractivity contribution in [3.05, 3.63) is 0 Å². The van der Waals surface area contributed by atoms with Crippen LogP contribution in [0.3, 0.4) is 0 Å². The summed E-state index contributed by atoms with van der Waals surface area (Å²) >= 11 is 0. The smallest absolute Gasteiger partial charge is 0.217 e. The highest BCUT2D eigenvalue weighted by Crippen LogP contribution is 2.25. The van der Waals surface area contributed by atoms with Crippen molar-refractivity contribution in [3.8, 4) is 0 Å². The molecule has 2 fully saturated rings. The van der Waals surface area contributed by atoms with E-state index in [1.165, 1.54) is 45.6 Å². The molecule has 4 nitrogen and oxygen atoms in total. The summed E-state index contributed by atoms with van der Waals surface area (Å²) in [6.07, 6.45) is 4.87. The van der Waals surface area contributed by atoms with E-state index in [2.05, 4.69) is 29.0 Å². The second kappa shape index (κ2) is 10.2. The quantitative estimate of drug-likeness (QED) is 0.867. The van der Waals surface area contributed by atoms with Crippen molar-refractivity contribution in [1.82, 2.24) is 15.1 Å². The highest BCUT2D eigenvalue weighted by atomic mass is 16.1. The Bertz CT molecular complexity index is 303. The first-order valence-electron chi connectivity index (χ1n) is 9.28. The van der Waals surface area contributed by atoms with Crippen molar-refractivity contribution >= 4 is 5.91 Å². The first-order valence-corrected chi connectivity index (χ1v) is 9.28. The molecule has 1 heterocycles. The fourth-order valence-electron chi connectivity index (χ4n) is 3.60. The van der Waals surface area contributed by atoms with Crippen molar-refractivity contribution in [2.45, 2.75) is 72.4 Å². The number of nitrogens with one attached hydrogen (secondary N) is 1. The normalized spacial score (nSPS) is 27.2. The van der Waals surface area contributed by atoms with Gasteiger partial charge >= 0.3 is 0 Å². The fourth-order valence-corrected chi connectivity index (χ4v) is 3.60. The van der Waals surface area contributed by atoms with Gasteiger partial charge in [-0.05, 0) is 45.4 Å². The summed E-state index contributed by atoms with van der Waals surface area (Å²) in [7, 11) is 0. The number of nitrogens with zero attached hydrogens (tertiary/aromatic N) is 2. The van der Waals surface area contributed by atoms with Gasteiger partial charge in [0, 0.05) is 51.7 Å². The Balaban J connectivity index is 0.00000116. The van der Waals surface area contributed by atoms with Gasteiger partial charge in [-0.1, -0.05) is 13.8 Å². The molecule has 2 rings (SSSR count). The number of carbonyl (C=O) groups is 1. The zero-order valence-corrected chi connectivity index (χ0v) is 15.4. The molecule has 1 N–H and O–H groups in total. The van der Waals surface area contributed by atoms with E-state index < -0.39 is 0 Å². The fraction of sp³-hybridized carbons (Fsp3) is 0.944. The molecule has 1 amide bonds. The minimum atomic E-state index is 0.123. The Hall–Kier alpha value is -0.610. The molecule has 0 aromatic heterocycles. The Morgan fingerprint density at radius 2 is 1.59 bits per heavy atom. The topological polar surface area (TPSA) is 35.6 Å². The van der Waals surface area contributed by atoms with Gasteiger partial charge in [-0.2, -0.15) is 0 Å². The number of carbonyl (C=O) groups excluding carboxylic acids is 1. The summed E-state index contributed by atoms with van der Waals surface area (Å²) in [6, 6.07) is 1.12. The van der Waals surface area contributed by atoms with E-state index in [4.69, 9.17) is 0 Å². The second-order valence-corrected chi connectivity index (χ2v) is 6.85. The summed E-state index contributed by atoms with van der Waals surface area (Å²) in [5.41, 5.74) is 0. The second-order valence-electron chi connectivity index (χ2n) is 6.85. The molecule has 0 radical (unpaired) electrons. The molecule has 1 aliphatic heterocycles. The average Bonchev–Trinajstić information content (AvgIpc) is 2.51. The molecule has 0 aromatic carbocycles. The summed E-state index contributed by atoms with van der Waals surface area (Å²) in [5, 5.41) is 3.06. The monoisotopic (exact) mass is 311 g/mol. The molecular weight excluding hydrogens is 274 g/mol. The van der Waals surface area contributed by atoms with Crippen LogP contribution in [0.25, 0.3) is 0 Å². The van der Waals surface area contributed by atoms with E-state index >= 15 is 0 Å². The summed E-state index contributed by atoms with van der Waals surface area (Å²) < 4.78 is 0. The predicted octanol–water partition coefficient (Wildman–Crippen LogP) is 2.73. The molecular formula is C18H37N3O. The molecule has 1 saturated carbocycles. The molecule has 22 heavy (non-hydrogen) atoms. The van der Waals surface area contributed by atoms with E-state index in [0.29, 0.717) is 12.1 Å². The van der Waals surface area contributed by atoms with Crippen LogP contribution in [-0.2, 0) is 4.79 Å². The van der Waals surface area contributed by atoms with Crippen LogP contribution in [0.4, 0.5) is 0 Å². The number of hydrogen-bond acceptors (Lipinski definition) is 3. The molecule has 1 aliphatic carbocycles. The van der Waals surface area contributed by atoms with Crippen LogP contribution in [0.15, 0.2) is 0 Å². The van der Waals surface area contributed by atoms with E-state index in [1.807, 2.05) is 13.8 Å². The van der Waals surface area contributed by atoms with Gasteiger partial charge in [-0.15, -0.1) is 0 Å². The number of hydrogen-bond donors (Lipinski definition) is 1. The third kappa shape index (κ3) is 6.66. The number of rotatable bonds is 4. The summed E-state index contributed by atoms with van der Waals surface area (Å²) in [6.45, 7) is 16.4. The van der Waals surface area contributed by atoms with Crippen LogP contribution in [-0.4, -0.2) is 60.5 Å². The molecule has 2 aliphatic rings.